The van der Waals surface area contributed by atoms with Crippen LogP contribution < -0.4 is 0 Å². The van der Waals surface area contributed by atoms with Crippen molar-refractivity contribution in [3.8, 4) is 0 Å². The van der Waals surface area contributed by atoms with Gasteiger partial charge in [0.25, 0.3) is 0 Å². The van der Waals surface area contributed by atoms with Gasteiger partial charge >= 0.3 is 29.8 Å². The maximum Gasteiger partial charge on any atom is 0.303 e. The number of carbonyl (C=O) groups excluding carboxylic acids is 5. The molecular formula is C17H26O11. The molecule has 0 bridgehead atoms. The molecule has 0 rings (SSSR count). The van der Waals surface area contributed by atoms with E-state index < -0.39 is 60.9 Å². The van der Waals surface area contributed by atoms with E-state index in [4.69, 9.17) is 28.4 Å². The number of methoxy groups -OCH3 is 1. The second-order valence-corrected chi connectivity index (χ2v) is 5.70. The molecule has 0 aromatic carbocycles. The van der Waals surface area contributed by atoms with Gasteiger partial charge in [0.2, 0.25) is 0 Å². The smallest absolute Gasteiger partial charge is 0.303 e. The third-order valence-electron chi connectivity index (χ3n) is 3.08. The molecule has 0 amide bonds. The zero-order chi connectivity index (χ0) is 21.9. The Kier molecular flexibility index (Phi) is 11.4. The molecular weight excluding hydrogens is 380 g/mol. The second-order valence-electron chi connectivity index (χ2n) is 5.70. The predicted octanol–water partition coefficient (Wildman–Crippen LogP) is -0.0773. The maximum atomic E-state index is 11.6. The molecule has 0 aromatic heterocycles. The van der Waals surface area contributed by atoms with Crippen molar-refractivity contribution in [2.24, 2.45) is 0 Å². The molecule has 0 aromatic rings. The summed E-state index contributed by atoms with van der Waals surface area (Å²) >= 11 is 0. The van der Waals surface area contributed by atoms with Gasteiger partial charge in [-0.3, -0.25) is 24.0 Å². The van der Waals surface area contributed by atoms with Crippen LogP contribution in [0, 0.1) is 0 Å². The van der Waals surface area contributed by atoms with Crippen molar-refractivity contribution in [1.82, 2.24) is 0 Å². The molecule has 0 spiro atoms. The summed E-state index contributed by atoms with van der Waals surface area (Å²) in [5.74, 6) is -3.77. The van der Waals surface area contributed by atoms with Gasteiger partial charge in [-0.15, -0.1) is 0 Å². The summed E-state index contributed by atoms with van der Waals surface area (Å²) in [7, 11) is 1.31. The van der Waals surface area contributed by atoms with E-state index >= 15 is 0 Å². The van der Waals surface area contributed by atoms with Crippen LogP contribution in [0.2, 0.25) is 0 Å². The van der Waals surface area contributed by atoms with Gasteiger partial charge in [0.15, 0.2) is 24.4 Å². The van der Waals surface area contributed by atoms with Crippen LogP contribution in [0.3, 0.4) is 0 Å². The fourth-order valence-electron chi connectivity index (χ4n) is 2.27. The monoisotopic (exact) mass is 406 g/mol. The normalized spacial score (nSPS) is 14.6. The summed E-state index contributed by atoms with van der Waals surface area (Å²) in [4.78, 5) is 57.3. The van der Waals surface area contributed by atoms with E-state index in [2.05, 4.69) is 0 Å². The lowest BCUT2D eigenvalue weighted by Crippen LogP contribution is -2.54. The minimum absolute atomic E-state index is 0.227. The molecule has 4 atom stereocenters. The highest BCUT2D eigenvalue weighted by Gasteiger charge is 2.43. The zero-order valence-corrected chi connectivity index (χ0v) is 16.7. The van der Waals surface area contributed by atoms with Crippen LogP contribution in [0.5, 0.6) is 0 Å². The minimum atomic E-state index is -1.45. The number of carbonyl (C=O) groups is 5. The summed E-state index contributed by atoms with van der Waals surface area (Å²) in [6.45, 7) is 4.78. The fourth-order valence-corrected chi connectivity index (χ4v) is 2.27. The van der Waals surface area contributed by atoms with Crippen molar-refractivity contribution in [3.63, 3.8) is 0 Å². The topological polar surface area (TPSA) is 141 Å². The van der Waals surface area contributed by atoms with Crippen molar-refractivity contribution < 1.29 is 52.4 Å². The SMILES string of the molecule is COC[C@@H](OC(C)=O)[C@@H](OC(C)=O)[C@H](OC(C)=O)[C@@H](COC(C)=O)OC(C)=O. The first-order valence-electron chi connectivity index (χ1n) is 8.29. The molecule has 0 heterocycles. The average Bonchev–Trinajstić information content (AvgIpc) is 2.53. The Labute approximate surface area is 162 Å². The van der Waals surface area contributed by atoms with Crippen molar-refractivity contribution in [2.75, 3.05) is 20.3 Å². The van der Waals surface area contributed by atoms with Crippen LogP contribution in [-0.2, 0) is 52.4 Å². The van der Waals surface area contributed by atoms with E-state index in [1.807, 2.05) is 0 Å². The quantitative estimate of drug-likeness (QED) is 0.336. The number of esters is 5. The molecule has 0 radical (unpaired) electrons. The Morgan fingerprint density at radius 2 is 0.929 bits per heavy atom. The largest absolute Gasteiger partial charge is 0.462 e. The van der Waals surface area contributed by atoms with E-state index in [0.29, 0.717) is 0 Å². The highest BCUT2D eigenvalue weighted by molar-refractivity contribution is 5.69. The number of ether oxygens (including phenoxy) is 6. The van der Waals surface area contributed by atoms with Crippen molar-refractivity contribution >= 4 is 29.8 Å². The van der Waals surface area contributed by atoms with Crippen LogP contribution in [0.15, 0.2) is 0 Å². The third-order valence-corrected chi connectivity index (χ3v) is 3.08. The number of hydrogen-bond acceptors (Lipinski definition) is 11. The van der Waals surface area contributed by atoms with E-state index in [1.54, 1.807) is 0 Å². The first kappa shape index (κ1) is 25.3. The number of rotatable bonds is 11. The summed E-state index contributed by atoms with van der Waals surface area (Å²) in [5.41, 5.74) is 0. The molecule has 0 saturated heterocycles. The Hall–Kier alpha value is -2.69. The Balaban J connectivity index is 6.06. The fraction of sp³-hybridized carbons (Fsp3) is 0.706. The lowest BCUT2D eigenvalue weighted by molar-refractivity contribution is -0.205. The van der Waals surface area contributed by atoms with Gasteiger partial charge in [0.1, 0.15) is 6.61 Å². The molecule has 11 nitrogen and oxygen atoms in total. The minimum Gasteiger partial charge on any atom is -0.462 e. The standard InChI is InChI=1S/C17H26O11/c1-9(18)24-8-15(26-11(3)20)17(28-13(5)22)16(27-12(4)21)14(7-23-6)25-10(2)19/h14-17H,7-8H2,1-6H3/t14-,15-,16-,17-/m1/s1. The third kappa shape index (κ3) is 10.5. The molecule has 0 aliphatic rings. The number of hydrogen-bond donors (Lipinski definition) is 0. The van der Waals surface area contributed by atoms with E-state index in [-0.39, 0.29) is 6.61 Å². The highest BCUT2D eigenvalue weighted by Crippen LogP contribution is 2.20. The predicted molar refractivity (Wildman–Crippen MR) is 90.7 cm³/mol. The van der Waals surface area contributed by atoms with Crippen molar-refractivity contribution in [1.29, 1.82) is 0 Å². The van der Waals surface area contributed by atoms with Gasteiger partial charge in [-0.1, -0.05) is 0 Å². The molecule has 28 heavy (non-hydrogen) atoms. The molecule has 0 aliphatic heterocycles. The first-order valence-corrected chi connectivity index (χ1v) is 8.29. The van der Waals surface area contributed by atoms with E-state index in [0.717, 1.165) is 34.6 Å². The summed E-state index contributed by atoms with van der Waals surface area (Å²) in [6.07, 6.45) is -5.41. The summed E-state index contributed by atoms with van der Waals surface area (Å²) in [5, 5.41) is 0. The van der Waals surface area contributed by atoms with Gasteiger partial charge in [0.05, 0.1) is 6.61 Å². The van der Waals surface area contributed by atoms with Crippen LogP contribution in [0.1, 0.15) is 34.6 Å². The van der Waals surface area contributed by atoms with Gasteiger partial charge in [-0.05, 0) is 0 Å². The van der Waals surface area contributed by atoms with E-state index in [9.17, 15) is 24.0 Å². The van der Waals surface area contributed by atoms with Gasteiger partial charge in [-0.25, -0.2) is 0 Å². The first-order chi connectivity index (χ1) is 13.0. The average molecular weight is 406 g/mol. The van der Waals surface area contributed by atoms with Crippen LogP contribution in [0.25, 0.3) is 0 Å². The lowest BCUT2D eigenvalue weighted by Gasteiger charge is -2.35. The molecule has 0 N–H and O–H groups in total. The van der Waals surface area contributed by atoms with Crippen LogP contribution in [-0.4, -0.2) is 74.6 Å². The summed E-state index contributed by atoms with van der Waals surface area (Å²) in [6, 6.07) is 0. The van der Waals surface area contributed by atoms with E-state index in [1.165, 1.54) is 7.11 Å². The molecule has 0 fully saturated rings. The van der Waals surface area contributed by atoms with Crippen LogP contribution >= 0.6 is 0 Å². The Bertz CT molecular complexity index is 571. The highest BCUT2D eigenvalue weighted by atomic mass is 16.6. The maximum absolute atomic E-state index is 11.6. The Morgan fingerprint density at radius 3 is 1.21 bits per heavy atom. The van der Waals surface area contributed by atoms with Crippen LogP contribution in [0.4, 0.5) is 0 Å². The zero-order valence-electron chi connectivity index (χ0n) is 16.7. The van der Waals surface area contributed by atoms with Gasteiger partial charge in [-0.2, -0.15) is 0 Å². The van der Waals surface area contributed by atoms with Gasteiger partial charge < -0.3 is 28.4 Å². The van der Waals surface area contributed by atoms with Gasteiger partial charge in [0, 0.05) is 41.7 Å². The van der Waals surface area contributed by atoms with Crippen molar-refractivity contribution in [3.05, 3.63) is 0 Å². The summed E-state index contributed by atoms with van der Waals surface area (Å²) < 4.78 is 30.4. The molecule has 11 heteroatoms. The van der Waals surface area contributed by atoms with Crippen molar-refractivity contribution in [2.45, 2.75) is 59.0 Å². The lowest BCUT2D eigenvalue weighted by atomic mass is 10.0. The molecule has 0 saturated carbocycles. The molecule has 0 aliphatic carbocycles. The molecule has 0 unspecified atom stereocenters. The second kappa shape index (κ2) is 12.7. The molecule has 160 valence electrons. The Morgan fingerprint density at radius 1 is 0.571 bits per heavy atom.